The van der Waals surface area contributed by atoms with Gasteiger partial charge in [-0.1, -0.05) is 30.3 Å². The zero-order valence-electron chi connectivity index (χ0n) is 9.57. The van der Waals surface area contributed by atoms with E-state index in [1.807, 2.05) is 6.07 Å². The topological polar surface area (TPSA) is 41.1 Å². The van der Waals surface area contributed by atoms with Crippen LogP contribution in [0.2, 0.25) is 0 Å². The summed E-state index contributed by atoms with van der Waals surface area (Å²) in [6.45, 7) is 2.92. The second-order valence-electron chi connectivity index (χ2n) is 4.46. The van der Waals surface area contributed by atoms with Crippen LogP contribution in [-0.4, -0.2) is 24.5 Å². The lowest BCUT2D eigenvalue weighted by atomic mass is 10.1. The predicted octanol–water partition coefficient (Wildman–Crippen LogP) is 1.10. The van der Waals surface area contributed by atoms with Gasteiger partial charge in [-0.25, -0.2) is 0 Å². The van der Waals surface area contributed by atoms with Crippen LogP contribution in [0.15, 0.2) is 30.3 Å². The number of nitrogens with one attached hydrogen (secondary N) is 2. The van der Waals surface area contributed by atoms with Gasteiger partial charge in [0, 0.05) is 25.0 Å². The van der Waals surface area contributed by atoms with Crippen molar-refractivity contribution >= 4 is 5.91 Å². The van der Waals surface area contributed by atoms with Crippen LogP contribution < -0.4 is 10.6 Å². The van der Waals surface area contributed by atoms with Crippen molar-refractivity contribution in [2.24, 2.45) is 0 Å². The van der Waals surface area contributed by atoms with Crippen molar-refractivity contribution in [3.8, 4) is 0 Å². The third-order valence-corrected chi connectivity index (χ3v) is 2.88. The fraction of sp³-hybridized carbons (Fsp3) is 0.462. The van der Waals surface area contributed by atoms with Crippen molar-refractivity contribution in [2.75, 3.05) is 6.54 Å². The van der Waals surface area contributed by atoms with Gasteiger partial charge in [-0.15, -0.1) is 0 Å². The summed E-state index contributed by atoms with van der Waals surface area (Å²) in [7, 11) is 0. The molecule has 1 saturated heterocycles. The molecule has 1 aromatic carbocycles. The van der Waals surface area contributed by atoms with Crippen molar-refractivity contribution in [3.05, 3.63) is 35.9 Å². The van der Waals surface area contributed by atoms with Crippen LogP contribution in [0.4, 0.5) is 0 Å². The van der Waals surface area contributed by atoms with Crippen molar-refractivity contribution in [1.29, 1.82) is 0 Å². The van der Waals surface area contributed by atoms with E-state index in [1.165, 1.54) is 5.56 Å². The fourth-order valence-corrected chi connectivity index (χ4v) is 2.15. The number of rotatable bonds is 4. The summed E-state index contributed by atoms with van der Waals surface area (Å²) in [4.78, 5) is 11.0. The van der Waals surface area contributed by atoms with E-state index in [4.69, 9.17) is 0 Å². The molecule has 86 valence electrons. The molecule has 0 aromatic heterocycles. The van der Waals surface area contributed by atoms with E-state index in [1.54, 1.807) is 0 Å². The quantitative estimate of drug-likeness (QED) is 0.794. The summed E-state index contributed by atoms with van der Waals surface area (Å²) in [6.07, 6.45) is 1.62. The van der Waals surface area contributed by atoms with Crippen LogP contribution in [0.3, 0.4) is 0 Å². The SMILES string of the molecule is CC(Cc1ccccc1)NC1CNC(=O)C1. The van der Waals surface area contributed by atoms with Gasteiger partial charge < -0.3 is 10.6 Å². The van der Waals surface area contributed by atoms with Crippen LogP contribution in [0.1, 0.15) is 18.9 Å². The highest BCUT2D eigenvalue weighted by atomic mass is 16.1. The number of hydrogen-bond acceptors (Lipinski definition) is 2. The van der Waals surface area contributed by atoms with Crippen LogP contribution in [0, 0.1) is 0 Å². The lowest BCUT2D eigenvalue weighted by Crippen LogP contribution is -2.38. The second kappa shape index (κ2) is 5.12. The minimum Gasteiger partial charge on any atom is -0.354 e. The maximum Gasteiger partial charge on any atom is 0.221 e. The summed E-state index contributed by atoms with van der Waals surface area (Å²) in [5.74, 6) is 0.157. The highest BCUT2D eigenvalue weighted by Crippen LogP contribution is 2.06. The molecule has 0 saturated carbocycles. The zero-order valence-corrected chi connectivity index (χ0v) is 9.57. The Bertz CT molecular complexity index is 350. The molecule has 0 aliphatic carbocycles. The van der Waals surface area contributed by atoms with E-state index >= 15 is 0 Å². The Morgan fingerprint density at radius 3 is 2.81 bits per heavy atom. The Balaban J connectivity index is 1.80. The molecule has 1 aromatic rings. The molecule has 1 heterocycles. The largest absolute Gasteiger partial charge is 0.354 e. The zero-order chi connectivity index (χ0) is 11.4. The molecule has 3 nitrogen and oxygen atoms in total. The molecule has 2 N–H and O–H groups in total. The normalized spacial score (nSPS) is 21.8. The third kappa shape index (κ3) is 3.07. The summed E-state index contributed by atoms with van der Waals surface area (Å²) in [6, 6.07) is 11.1. The first kappa shape index (κ1) is 11.1. The van der Waals surface area contributed by atoms with Crippen LogP contribution >= 0.6 is 0 Å². The first-order valence-electron chi connectivity index (χ1n) is 5.80. The number of benzene rings is 1. The minimum atomic E-state index is 0.157. The van der Waals surface area contributed by atoms with Gasteiger partial charge in [0.25, 0.3) is 0 Å². The minimum absolute atomic E-state index is 0.157. The standard InChI is InChI=1S/C13H18N2O/c1-10(7-11-5-3-2-4-6-11)15-12-8-13(16)14-9-12/h2-6,10,12,15H,7-9H2,1H3,(H,14,16). The summed E-state index contributed by atoms with van der Waals surface area (Å²) in [5, 5.41) is 6.31. The molecule has 0 bridgehead atoms. The molecule has 16 heavy (non-hydrogen) atoms. The van der Waals surface area contributed by atoms with Gasteiger partial charge in [-0.05, 0) is 18.9 Å². The van der Waals surface area contributed by atoms with Gasteiger partial charge in [0.05, 0.1) is 0 Å². The average molecular weight is 218 g/mol. The molecule has 1 aliphatic rings. The van der Waals surface area contributed by atoms with Gasteiger partial charge >= 0.3 is 0 Å². The number of carbonyl (C=O) groups excluding carboxylic acids is 1. The molecular weight excluding hydrogens is 200 g/mol. The van der Waals surface area contributed by atoms with Crippen molar-refractivity contribution in [2.45, 2.75) is 31.8 Å². The highest BCUT2D eigenvalue weighted by molar-refractivity contribution is 5.78. The maximum atomic E-state index is 11.0. The number of hydrogen-bond donors (Lipinski definition) is 2. The van der Waals surface area contributed by atoms with E-state index < -0.39 is 0 Å². The smallest absolute Gasteiger partial charge is 0.221 e. The fourth-order valence-electron chi connectivity index (χ4n) is 2.15. The monoisotopic (exact) mass is 218 g/mol. The lowest BCUT2D eigenvalue weighted by molar-refractivity contribution is -0.119. The van der Waals surface area contributed by atoms with E-state index in [0.29, 0.717) is 18.5 Å². The van der Waals surface area contributed by atoms with Crippen molar-refractivity contribution < 1.29 is 4.79 Å². The maximum absolute atomic E-state index is 11.0. The lowest BCUT2D eigenvalue weighted by Gasteiger charge is -2.18. The number of amides is 1. The molecule has 1 fully saturated rings. The first-order valence-corrected chi connectivity index (χ1v) is 5.80. The summed E-state index contributed by atoms with van der Waals surface area (Å²) < 4.78 is 0. The first-order chi connectivity index (χ1) is 7.74. The average Bonchev–Trinajstić information content (AvgIpc) is 2.65. The van der Waals surface area contributed by atoms with E-state index in [0.717, 1.165) is 13.0 Å². The van der Waals surface area contributed by atoms with Gasteiger partial charge in [-0.2, -0.15) is 0 Å². The van der Waals surface area contributed by atoms with E-state index in [2.05, 4.69) is 41.8 Å². The molecular formula is C13H18N2O. The predicted molar refractivity (Wildman–Crippen MR) is 64.2 cm³/mol. The van der Waals surface area contributed by atoms with Crippen LogP contribution in [0.5, 0.6) is 0 Å². The molecule has 2 unspecified atom stereocenters. The molecule has 0 radical (unpaired) electrons. The van der Waals surface area contributed by atoms with Gasteiger partial charge in [-0.3, -0.25) is 4.79 Å². The Morgan fingerprint density at radius 1 is 1.44 bits per heavy atom. The Hall–Kier alpha value is -1.35. The summed E-state index contributed by atoms with van der Waals surface area (Å²) in [5.41, 5.74) is 1.33. The molecule has 2 rings (SSSR count). The molecule has 1 amide bonds. The molecule has 3 heteroatoms. The van der Waals surface area contributed by atoms with Gasteiger partial charge in [0.2, 0.25) is 5.91 Å². The molecule has 0 spiro atoms. The Kier molecular flexibility index (Phi) is 3.57. The van der Waals surface area contributed by atoms with Gasteiger partial charge in [0.15, 0.2) is 0 Å². The molecule has 1 aliphatic heterocycles. The summed E-state index contributed by atoms with van der Waals surface area (Å²) >= 11 is 0. The second-order valence-corrected chi connectivity index (χ2v) is 4.46. The van der Waals surface area contributed by atoms with E-state index in [-0.39, 0.29) is 5.91 Å². The van der Waals surface area contributed by atoms with Crippen LogP contribution in [-0.2, 0) is 11.2 Å². The highest BCUT2D eigenvalue weighted by Gasteiger charge is 2.22. The van der Waals surface area contributed by atoms with E-state index in [9.17, 15) is 4.79 Å². The van der Waals surface area contributed by atoms with Crippen molar-refractivity contribution in [3.63, 3.8) is 0 Å². The molecule has 2 atom stereocenters. The van der Waals surface area contributed by atoms with Gasteiger partial charge in [0.1, 0.15) is 0 Å². The van der Waals surface area contributed by atoms with Crippen LogP contribution in [0.25, 0.3) is 0 Å². The number of carbonyl (C=O) groups is 1. The Labute approximate surface area is 96.2 Å². The third-order valence-electron chi connectivity index (χ3n) is 2.88. The Morgan fingerprint density at radius 2 is 2.19 bits per heavy atom. The van der Waals surface area contributed by atoms with Crippen molar-refractivity contribution in [1.82, 2.24) is 10.6 Å².